The van der Waals surface area contributed by atoms with Gasteiger partial charge in [-0.1, -0.05) is 6.07 Å². The molecule has 1 aromatic heterocycles. The average Bonchev–Trinajstić information content (AvgIpc) is 3.16. The van der Waals surface area contributed by atoms with Gasteiger partial charge in [0.15, 0.2) is 0 Å². The first kappa shape index (κ1) is 13.5. The second kappa shape index (κ2) is 5.38. The van der Waals surface area contributed by atoms with Crippen LogP contribution in [0, 0.1) is 11.8 Å². The molecular weight excluding hydrogens is 244 g/mol. The van der Waals surface area contributed by atoms with E-state index in [1.807, 2.05) is 32.0 Å². The summed E-state index contributed by atoms with van der Waals surface area (Å²) < 4.78 is 0. The van der Waals surface area contributed by atoms with Gasteiger partial charge in [0.25, 0.3) is 0 Å². The van der Waals surface area contributed by atoms with E-state index in [1.54, 1.807) is 11.1 Å². The maximum absolute atomic E-state index is 12.3. The van der Waals surface area contributed by atoms with E-state index in [-0.39, 0.29) is 17.9 Å². The van der Waals surface area contributed by atoms with Gasteiger partial charge in [-0.05, 0) is 32.4 Å². The van der Waals surface area contributed by atoms with E-state index in [0.29, 0.717) is 13.0 Å². The van der Waals surface area contributed by atoms with Gasteiger partial charge in [0.1, 0.15) is 0 Å². The highest BCUT2D eigenvalue weighted by Gasteiger charge is 2.50. The van der Waals surface area contributed by atoms with Crippen molar-refractivity contribution in [3.63, 3.8) is 0 Å². The third kappa shape index (κ3) is 3.10. The minimum atomic E-state index is -0.875. The van der Waals surface area contributed by atoms with E-state index >= 15 is 0 Å². The van der Waals surface area contributed by atoms with E-state index < -0.39 is 11.9 Å². The van der Waals surface area contributed by atoms with Crippen molar-refractivity contribution in [1.29, 1.82) is 0 Å². The van der Waals surface area contributed by atoms with Gasteiger partial charge in [0.05, 0.1) is 24.1 Å². The Morgan fingerprint density at radius 3 is 2.63 bits per heavy atom. The quantitative estimate of drug-likeness (QED) is 0.873. The zero-order valence-corrected chi connectivity index (χ0v) is 11.1. The molecule has 5 heteroatoms. The Labute approximate surface area is 112 Å². The Bertz CT molecular complexity index is 473. The van der Waals surface area contributed by atoms with Crippen LogP contribution in [0.2, 0.25) is 0 Å². The number of carboxylic acids is 1. The molecule has 0 aromatic carbocycles. The largest absolute Gasteiger partial charge is 0.481 e. The fourth-order valence-electron chi connectivity index (χ4n) is 2.14. The monoisotopic (exact) mass is 262 g/mol. The lowest BCUT2D eigenvalue weighted by molar-refractivity contribution is -0.142. The second-order valence-electron chi connectivity index (χ2n) is 5.17. The average molecular weight is 262 g/mol. The Hall–Kier alpha value is -1.91. The van der Waals surface area contributed by atoms with Crippen molar-refractivity contribution in [1.82, 2.24) is 9.88 Å². The van der Waals surface area contributed by atoms with Crippen LogP contribution in [0.4, 0.5) is 0 Å². The molecule has 1 saturated carbocycles. The topological polar surface area (TPSA) is 70.5 Å². The van der Waals surface area contributed by atoms with E-state index in [0.717, 1.165) is 5.69 Å². The molecule has 0 unspecified atom stereocenters. The minimum absolute atomic E-state index is 0.0320. The van der Waals surface area contributed by atoms with Crippen LogP contribution in [0.3, 0.4) is 0 Å². The Balaban J connectivity index is 2.05. The molecule has 0 spiro atoms. The van der Waals surface area contributed by atoms with Gasteiger partial charge < -0.3 is 10.0 Å². The first-order chi connectivity index (χ1) is 9.00. The van der Waals surface area contributed by atoms with Gasteiger partial charge in [-0.25, -0.2) is 0 Å². The van der Waals surface area contributed by atoms with Crippen molar-refractivity contribution in [3.05, 3.63) is 30.1 Å². The van der Waals surface area contributed by atoms with Crippen LogP contribution < -0.4 is 0 Å². The molecule has 1 N–H and O–H groups in total. The maximum atomic E-state index is 12.3. The summed E-state index contributed by atoms with van der Waals surface area (Å²) in [5.74, 6) is -1.81. The zero-order valence-electron chi connectivity index (χ0n) is 11.1. The number of hydrogen-bond donors (Lipinski definition) is 1. The fraction of sp³-hybridized carbons (Fsp3) is 0.500. The first-order valence-electron chi connectivity index (χ1n) is 6.44. The highest BCUT2D eigenvalue weighted by molar-refractivity contribution is 5.89. The molecular formula is C14H18N2O3. The van der Waals surface area contributed by atoms with Crippen molar-refractivity contribution >= 4 is 11.9 Å². The smallest absolute Gasteiger partial charge is 0.307 e. The Morgan fingerprint density at radius 1 is 1.42 bits per heavy atom. The van der Waals surface area contributed by atoms with Gasteiger partial charge in [-0.15, -0.1) is 0 Å². The molecule has 0 saturated heterocycles. The first-order valence-corrected chi connectivity index (χ1v) is 6.44. The van der Waals surface area contributed by atoms with Crippen LogP contribution in [-0.2, 0) is 16.1 Å². The van der Waals surface area contributed by atoms with Gasteiger partial charge >= 0.3 is 5.97 Å². The molecule has 2 atom stereocenters. The summed E-state index contributed by atoms with van der Waals surface area (Å²) in [6.07, 6.45) is 2.15. The summed E-state index contributed by atoms with van der Waals surface area (Å²) in [5, 5.41) is 8.90. The molecule has 5 nitrogen and oxygen atoms in total. The van der Waals surface area contributed by atoms with Crippen LogP contribution in [0.5, 0.6) is 0 Å². The molecule has 19 heavy (non-hydrogen) atoms. The van der Waals surface area contributed by atoms with Gasteiger partial charge in [0, 0.05) is 12.2 Å². The number of carbonyl (C=O) groups excluding carboxylic acids is 1. The van der Waals surface area contributed by atoms with Crippen LogP contribution >= 0.6 is 0 Å². The fourth-order valence-corrected chi connectivity index (χ4v) is 2.14. The normalized spacial score (nSPS) is 21.2. The molecule has 1 aromatic rings. The highest BCUT2D eigenvalue weighted by atomic mass is 16.4. The van der Waals surface area contributed by atoms with Gasteiger partial charge in [0.2, 0.25) is 5.91 Å². The van der Waals surface area contributed by atoms with Crippen molar-refractivity contribution < 1.29 is 14.7 Å². The van der Waals surface area contributed by atoms with Gasteiger partial charge in [-0.2, -0.15) is 0 Å². The molecule has 0 bridgehead atoms. The second-order valence-corrected chi connectivity index (χ2v) is 5.17. The molecule has 1 heterocycles. The van der Waals surface area contributed by atoms with Crippen molar-refractivity contribution in [2.45, 2.75) is 32.9 Å². The predicted octanol–water partition coefficient (Wildman–Crippen LogP) is 1.54. The number of pyridine rings is 1. The number of carboxylic acid groups (broad SMARTS) is 1. The Morgan fingerprint density at radius 2 is 2.16 bits per heavy atom. The molecule has 1 aliphatic rings. The number of carbonyl (C=O) groups is 2. The molecule has 1 fully saturated rings. The van der Waals surface area contributed by atoms with Crippen molar-refractivity contribution in [3.8, 4) is 0 Å². The molecule has 102 valence electrons. The van der Waals surface area contributed by atoms with Crippen LogP contribution in [0.15, 0.2) is 24.4 Å². The molecule has 1 amide bonds. The summed E-state index contributed by atoms with van der Waals surface area (Å²) in [5.41, 5.74) is 0.817. The Kier molecular flexibility index (Phi) is 3.83. The molecule has 0 aliphatic heterocycles. The minimum Gasteiger partial charge on any atom is -0.481 e. The lowest BCUT2D eigenvalue weighted by Crippen LogP contribution is -2.38. The van der Waals surface area contributed by atoms with Gasteiger partial charge in [-0.3, -0.25) is 14.6 Å². The lowest BCUT2D eigenvalue weighted by Gasteiger charge is -2.26. The number of aliphatic carboxylic acids is 1. The highest BCUT2D eigenvalue weighted by Crippen LogP contribution is 2.40. The van der Waals surface area contributed by atoms with Crippen LogP contribution in [0.1, 0.15) is 26.0 Å². The van der Waals surface area contributed by atoms with E-state index in [4.69, 9.17) is 5.11 Å². The summed E-state index contributed by atoms with van der Waals surface area (Å²) in [7, 11) is 0. The lowest BCUT2D eigenvalue weighted by atomic mass is 10.2. The molecule has 0 radical (unpaired) electrons. The summed E-state index contributed by atoms with van der Waals surface area (Å²) in [6, 6.07) is 5.60. The molecule has 1 aliphatic carbocycles. The summed E-state index contributed by atoms with van der Waals surface area (Å²) in [4.78, 5) is 29.1. The van der Waals surface area contributed by atoms with Crippen LogP contribution in [-0.4, -0.2) is 32.9 Å². The van der Waals surface area contributed by atoms with Crippen molar-refractivity contribution in [2.75, 3.05) is 0 Å². The summed E-state index contributed by atoms with van der Waals surface area (Å²) >= 11 is 0. The van der Waals surface area contributed by atoms with E-state index in [2.05, 4.69) is 4.98 Å². The number of amides is 1. The third-order valence-electron chi connectivity index (χ3n) is 3.39. The van der Waals surface area contributed by atoms with Crippen molar-refractivity contribution in [2.24, 2.45) is 11.8 Å². The van der Waals surface area contributed by atoms with E-state index in [1.165, 1.54) is 0 Å². The number of rotatable bonds is 5. The number of aromatic nitrogens is 1. The van der Waals surface area contributed by atoms with Crippen LogP contribution in [0.25, 0.3) is 0 Å². The number of nitrogens with zero attached hydrogens (tertiary/aromatic N) is 2. The third-order valence-corrected chi connectivity index (χ3v) is 3.39. The standard InChI is InChI=1S/C14H18N2O3/c1-9(2)16(8-10-5-3-4-6-15-10)13(17)11-7-12(11)14(18)19/h3-6,9,11-12H,7-8H2,1-2H3,(H,18,19)/t11-,12+/m1/s1. The van der Waals surface area contributed by atoms with E-state index in [9.17, 15) is 9.59 Å². The summed E-state index contributed by atoms with van der Waals surface area (Å²) in [6.45, 7) is 4.29. The predicted molar refractivity (Wildman–Crippen MR) is 69.2 cm³/mol. The SMILES string of the molecule is CC(C)N(Cc1ccccn1)C(=O)[C@@H]1C[C@@H]1C(=O)O. The molecule has 2 rings (SSSR count). The number of hydrogen-bond acceptors (Lipinski definition) is 3. The maximum Gasteiger partial charge on any atom is 0.307 e. The zero-order chi connectivity index (χ0) is 14.0.